The molecular formula is C22H25N3O5. The van der Waals surface area contributed by atoms with E-state index in [1.807, 2.05) is 18.2 Å². The second-order valence-electron chi connectivity index (χ2n) is 8.94. The van der Waals surface area contributed by atoms with Crippen molar-refractivity contribution in [2.24, 2.45) is 11.8 Å². The Morgan fingerprint density at radius 1 is 1.13 bits per heavy atom. The molecule has 0 radical (unpaired) electrons. The fourth-order valence-corrected chi connectivity index (χ4v) is 4.65. The summed E-state index contributed by atoms with van der Waals surface area (Å²) in [6.45, 7) is 6.73. The average molecular weight is 411 g/mol. The molecular weight excluding hydrogens is 386 g/mol. The fourth-order valence-electron chi connectivity index (χ4n) is 4.65. The number of likely N-dealkylation sites (tertiary alicyclic amines) is 1. The highest BCUT2D eigenvalue weighted by molar-refractivity contribution is 6.07. The fraction of sp³-hybridized carbons (Fsp3) is 0.455. The van der Waals surface area contributed by atoms with Crippen LogP contribution in [0.2, 0.25) is 0 Å². The van der Waals surface area contributed by atoms with Gasteiger partial charge in [0.15, 0.2) is 0 Å². The second-order valence-corrected chi connectivity index (χ2v) is 8.94. The molecule has 2 aliphatic rings. The van der Waals surface area contributed by atoms with Crippen molar-refractivity contribution in [1.29, 1.82) is 0 Å². The molecule has 0 saturated carbocycles. The number of carbonyl (C=O) groups is 4. The zero-order valence-corrected chi connectivity index (χ0v) is 17.7. The molecule has 0 bridgehead atoms. The van der Waals surface area contributed by atoms with Crippen LogP contribution in [-0.4, -0.2) is 45.9 Å². The van der Waals surface area contributed by atoms with E-state index >= 15 is 0 Å². The SMILES string of the molecule is CC(=O)N[C@@H]1c2c(n(C(=O)OC(C)(C)C)c3ccccc23)C[C@@H]2C(=O)N(C)C(=O)[C@@H]21. The average Bonchev–Trinajstić information content (AvgIpc) is 3.08. The van der Waals surface area contributed by atoms with Crippen LogP contribution >= 0.6 is 0 Å². The predicted molar refractivity (Wildman–Crippen MR) is 109 cm³/mol. The minimum absolute atomic E-state index is 0.221. The third-order valence-electron chi connectivity index (χ3n) is 5.73. The summed E-state index contributed by atoms with van der Waals surface area (Å²) in [4.78, 5) is 51.9. The molecule has 2 aromatic rings. The Balaban J connectivity index is 1.97. The van der Waals surface area contributed by atoms with Crippen molar-refractivity contribution in [3.8, 4) is 0 Å². The molecule has 1 N–H and O–H groups in total. The van der Waals surface area contributed by atoms with E-state index < -0.39 is 29.6 Å². The van der Waals surface area contributed by atoms with E-state index in [1.165, 1.54) is 18.5 Å². The lowest BCUT2D eigenvalue weighted by molar-refractivity contribution is -0.138. The largest absolute Gasteiger partial charge is 0.443 e. The Morgan fingerprint density at radius 3 is 2.43 bits per heavy atom. The third-order valence-corrected chi connectivity index (χ3v) is 5.73. The standard InChI is InChI=1S/C22H25N3O5/c1-11(26)23-18-16-12-8-6-7-9-14(12)25(21(29)30-22(2,3)4)15(16)10-13-17(18)20(28)24(5)19(13)27/h6-9,13,17-18H,10H2,1-5H3,(H,23,26)/t13-,17-,18+/m0/s1. The lowest BCUT2D eigenvalue weighted by atomic mass is 9.75. The molecule has 8 heteroatoms. The van der Waals surface area contributed by atoms with Gasteiger partial charge < -0.3 is 10.1 Å². The number of nitrogens with zero attached hydrogens (tertiary/aromatic N) is 2. The van der Waals surface area contributed by atoms with Gasteiger partial charge in [0.1, 0.15) is 5.60 Å². The Kier molecular flexibility index (Phi) is 4.48. The highest BCUT2D eigenvalue weighted by Crippen LogP contribution is 2.47. The number of imide groups is 1. The zero-order chi connectivity index (χ0) is 22.0. The van der Waals surface area contributed by atoms with Gasteiger partial charge in [-0.2, -0.15) is 0 Å². The molecule has 3 amide bonds. The van der Waals surface area contributed by atoms with Crippen molar-refractivity contribution in [3.63, 3.8) is 0 Å². The van der Waals surface area contributed by atoms with Gasteiger partial charge >= 0.3 is 6.09 Å². The van der Waals surface area contributed by atoms with Crippen LogP contribution in [0.25, 0.3) is 10.9 Å². The van der Waals surface area contributed by atoms with Crippen LogP contribution in [0.15, 0.2) is 24.3 Å². The summed E-state index contributed by atoms with van der Waals surface area (Å²) in [6.07, 6.45) is -0.330. The number of rotatable bonds is 1. The monoisotopic (exact) mass is 411 g/mol. The number of hydrogen-bond acceptors (Lipinski definition) is 5. The Morgan fingerprint density at radius 2 is 1.80 bits per heavy atom. The van der Waals surface area contributed by atoms with Gasteiger partial charge in [-0.15, -0.1) is 0 Å². The summed E-state index contributed by atoms with van der Waals surface area (Å²) in [5.74, 6) is -2.26. The van der Waals surface area contributed by atoms with Crippen LogP contribution in [0.1, 0.15) is 45.0 Å². The molecule has 1 saturated heterocycles. The minimum Gasteiger partial charge on any atom is -0.443 e. The molecule has 1 aliphatic heterocycles. The van der Waals surface area contributed by atoms with E-state index in [4.69, 9.17) is 4.74 Å². The highest BCUT2D eigenvalue weighted by Gasteiger charge is 2.54. The topological polar surface area (TPSA) is 97.7 Å². The molecule has 8 nitrogen and oxygen atoms in total. The van der Waals surface area contributed by atoms with Crippen LogP contribution < -0.4 is 5.32 Å². The highest BCUT2D eigenvalue weighted by atomic mass is 16.6. The molecule has 4 rings (SSSR count). The van der Waals surface area contributed by atoms with Crippen molar-refractivity contribution >= 4 is 34.7 Å². The van der Waals surface area contributed by atoms with Gasteiger partial charge in [0.2, 0.25) is 17.7 Å². The first-order chi connectivity index (χ1) is 14.0. The van der Waals surface area contributed by atoms with Gasteiger partial charge in [0.25, 0.3) is 0 Å². The maximum Gasteiger partial charge on any atom is 0.419 e. The number of para-hydroxylation sites is 1. The summed E-state index contributed by atoms with van der Waals surface area (Å²) >= 11 is 0. The van der Waals surface area contributed by atoms with E-state index in [2.05, 4.69) is 5.32 Å². The molecule has 1 aromatic carbocycles. The second kappa shape index (κ2) is 6.68. The summed E-state index contributed by atoms with van der Waals surface area (Å²) in [6, 6.07) is 6.61. The summed E-state index contributed by atoms with van der Waals surface area (Å²) < 4.78 is 7.11. The number of nitrogens with one attached hydrogen (secondary N) is 1. The Labute approximate surface area is 174 Å². The number of fused-ring (bicyclic) bond motifs is 4. The molecule has 1 fully saturated rings. The quantitative estimate of drug-likeness (QED) is 0.727. The van der Waals surface area contributed by atoms with E-state index in [0.717, 1.165) is 10.3 Å². The van der Waals surface area contributed by atoms with Crippen LogP contribution in [0.3, 0.4) is 0 Å². The van der Waals surface area contributed by atoms with Gasteiger partial charge in [-0.3, -0.25) is 19.3 Å². The van der Waals surface area contributed by atoms with Crippen molar-refractivity contribution in [2.75, 3.05) is 7.05 Å². The number of amides is 3. The molecule has 1 aromatic heterocycles. The molecule has 0 unspecified atom stereocenters. The molecule has 158 valence electrons. The molecule has 1 aliphatic carbocycles. The number of ether oxygens (including phenoxy) is 1. The summed E-state index contributed by atoms with van der Waals surface area (Å²) in [5, 5.41) is 3.62. The third kappa shape index (κ3) is 2.98. The predicted octanol–water partition coefficient (Wildman–Crippen LogP) is 2.39. The van der Waals surface area contributed by atoms with E-state index in [1.54, 1.807) is 26.8 Å². The van der Waals surface area contributed by atoms with Crippen molar-refractivity contribution in [2.45, 2.75) is 45.8 Å². The lowest BCUT2D eigenvalue weighted by Gasteiger charge is -2.32. The van der Waals surface area contributed by atoms with E-state index in [-0.39, 0.29) is 24.1 Å². The number of hydrogen-bond donors (Lipinski definition) is 1. The number of carbonyl (C=O) groups excluding carboxylic acids is 4. The molecule has 30 heavy (non-hydrogen) atoms. The molecule has 2 heterocycles. The van der Waals surface area contributed by atoms with Gasteiger partial charge in [0, 0.05) is 37.0 Å². The lowest BCUT2D eigenvalue weighted by Crippen LogP contribution is -2.42. The van der Waals surface area contributed by atoms with Crippen molar-refractivity contribution < 1.29 is 23.9 Å². The van der Waals surface area contributed by atoms with Crippen LogP contribution in [0.4, 0.5) is 4.79 Å². The first-order valence-electron chi connectivity index (χ1n) is 9.95. The number of benzene rings is 1. The maximum atomic E-state index is 13.1. The molecule has 3 atom stereocenters. The first kappa shape index (κ1) is 20.1. The minimum atomic E-state index is -0.705. The van der Waals surface area contributed by atoms with Crippen molar-refractivity contribution in [1.82, 2.24) is 14.8 Å². The number of aromatic nitrogens is 1. The summed E-state index contributed by atoms with van der Waals surface area (Å²) in [5.41, 5.74) is 1.22. The maximum absolute atomic E-state index is 13.1. The normalized spacial score (nSPS) is 23.4. The van der Waals surface area contributed by atoms with Gasteiger partial charge in [-0.1, -0.05) is 18.2 Å². The van der Waals surface area contributed by atoms with Crippen LogP contribution in [0.5, 0.6) is 0 Å². The van der Waals surface area contributed by atoms with E-state index in [9.17, 15) is 19.2 Å². The zero-order valence-electron chi connectivity index (χ0n) is 17.7. The van der Waals surface area contributed by atoms with Gasteiger partial charge in [0.05, 0.1) is 23.4 Å². The van der Waals surface area contributed by atoms with Crippen molar-refractivity contribution in [3.05, 3.63) is 35.5 Å². The molecule has 0 spiro atoms. The first-order valence-corrected chi connectivity index (χ1v) is 9.95. The van der Waals surface area contributed by atoms with Crippen LogP contribution in [-0.2, 0) is 25.5 Å². The van der Waals surface area contributed by atoms with Gasteiger partial charge in [-0.05, 0) is 26.8 Å². The Hall–Kier alpha value is -3.16. The Bertz CT molecular complexity index is 1090. The van der Waals surface area contributed by atoms with Crippen LogP contribution in [0, 0.1) is 11.8 Å². The van der Waals surface area contributed by atoms with E-state index in [0.29, 0.717) is 16.8 Å². The summed E-state index contributed by atoms with van der Waals surface area (Å²) in [7, 11) is 1.46. The van der Waals surface area contributed by atoms with Gasteiger partial charge in [-0.25, -0.2) is 9.36 Å². The smallest absolute Gasteiger partial charge is 0.419 e.